The lowest BCUT2D eigenvalue weighted by atomic mass is 9.87. The molecule has 27 heavy (non-hydrogen) atoms. The number of esters is 1. The molecule has 1 aromatic heterocycles. The molecule has 144 valence electrons. The van der Waals surface area contributed by atoms with Gasteiger partial charge in [0, 0.05) is 5.41 Å². The molecule has 0 radical (unpaired) electrons. The zero-order chi connectivity index (χ0) is 19.8. The summed E-state index contributed by atoms with van der Waals surface area (Å²) in [5, 5.41) is 2.53. The summed E-state index contributed by atoms with van der Waals surface area (Å²) in [5.41, 5.74) is -0.551. The third-order valence-corrected chi connectivity index (χ3v) is 4.09. The van der Waals surface area contributed by atoms with Crippen LogP contribution in [0.5, 0.6) is 5.75 Å². The number of cyclic esters (lactones) is 1. The molecule has 3 rings (SSSR count). The van der Waals surface area contributed by atoms with Crippen LogP contribution in [0.25, 0.3) is 11.3 Å². The summed E-state index contributed by atoms with van der Waals surface area (Å²) >= 11 is 0. The number of para-hydroxylation sites is 1. The van der Waals surface area contributed by atoms with Crippen LogP contribution in [0.15, 0.2) is 40.8 Å². The molecular weight excluding hydrogens is 367 g/mol. The van der Waals surface area contributed by atoms with Gasteiger partial charge in [-0.2, -0.15) is 0 Å². The molecule has 0 spiro atoms. The van der Waals surface area contributed by atoms with Crippen LogP contribution in [0, 0.1) is 5.41 Å². The van der Waals surface area contributed by atoms with Crippen molar-refractivity contribution < 1.29 is 36.7 Å². The molecule has 2 heterocycles. The van der Waals surface area contributed by atoms with Crippen molar-refractivity contribution in [3.05, 3.63) is 42.2 Å². The van der Waals surface area contributed by atoms with Crippen molar-refractivity contribution in [2.75, 3.05) is 6.61 Å². The second kappa shape index (κ2) is 6.64. The Morgan fingerprint density at radius 2 is 1.93 bits per heavy atom. The maximum absolute atomic E-state index is 12.5. The van der Waals surface area contributed by atoms with Crippen molar-refractivity contribution in [3.63, 3.8) is 0 Å². The van der Waals surface area contributed by atoms with Gasteiger partial charge in [0.15, 0.2) is 5.76 Å². The maximum Gasteiger partial charge on any atom is 0.573 e. The molecule has 1 aliphatic heterocycles. The van der Waals surface area contributed by atoms with Gasteiger partial charge in [-0.25, -0.2) is 4.79 Å². The van der Waals surface area contributed by atoms with E-state index in [0.29, 0.717) is 0 Å². The first-order chi connectivity index (χ1) is 12.6. The molecule has 1 amide bonds. The molecule has 0 bridgehead atoms. The van der Waals surface area contributed by atoms with E-state index in [-0.39, 0.29) is 23.7 Å². The van der Waals surface area contributed by atoms with Crippen molar-refractivity contribution in [3.8, 4) is 17.1 Å². The molecular formula is C18H16F3NO5. The Balaban J connectivity index is 1.81. The standard InChI is InChI=1S/C18H16F3NO5/c1-17(2)9-25-16(24)14(17)22-15(23)13-8-7-11(26-13)10-5-3-4-6-12(10)27-18(19,20)21/h3-8,14H,9H2,1-2H3,(H,22,23). The first-order valence-corrected chi connectivity index (χ1v) is 7.99. The first-order valence-electron chi connectivity index (χ1n) is 7.99. The zero-order valence-corrected chi connectivity index (χ0v) is 14.4. The van der Waals surface area contributed by atoms with Gasteiger partial charge >= 0.3 is 12.3 Å². The van der Waals surface area contributed by atoms with Crippen LogP contribution in [0.2, 0.25) is 0 Å². The molecule has 9 heteroatoms. The number of halogens is 3. The van der Waals surface area contributed by atoms with Crippen molar-refractivity contribution in [1.29, 1.82) is 0 Å². The van der Waals surface area contributed by atoms with Gasteiger partial charge in [-0.3, -0.25) is 4.79 Å². The van der Waals surface area contributed by atoms with Crippen molar-refractivity contribution in [2.24, 2.45) is 5.41 Å². The Kier molecular flexibility index (Phi) is 4.63. The minimum atomic E-state index is -4.86. The number of furan rings is 1. The van der Waals surface area contributed by atoms with Crippen LogP contribution >= 0.6 is 0 Å². The fourth-order valence-electron chi connectivity index (χ4n) is 2.69. The van der Waals surface area contributed by atoms with Gasteiger partial charge in [-0.05, 0) is 24.3 Å². The Morgan fingerprint density at radius 3 is 2.56 bits per heavy atom. The lowest BCUT2D eigenvalue weighted by Gasteiger charge is -2.22. The van der Waals surface area contributed by atoms with Crippen molar-refractivity contribution in [2.45, 2.75) is 26.3 Å². The number of carbonyl (C=O) groups excluding carboxylic acids is 2. The fourth-order valence-corrected chi connectivity index (χ4v) is 2.69. The average Bonchev–Trinajstić information content (AvgIpc) is 3.14. The predicted molar refractivity (Wildman–Crippen MR) is 86.8 cm³/mol. The molecule has 1 atom stereocenters. The van der Waals surface area contributed by atoms with Crippen LogP contribution in [0.1, 0.15) is 24.4 Å². The number of ether oxygens (including phenoxy) is 2. The van der Waals surface area contributed by atoms with E-state index in [1.807, 2.05) is 0 Å². The number of alkyl halides is 3. The SMILES string of the molecule is CC1(C)COC(=O)C1NC(=O)c1ccc(-c2ccccc2OC(F)(F)F)o1. The van der Waals surface area contributed by atoms with Crippen LogP contribution in [-0.4, -0.2) is 30.9 Å². The zero-order valence-electron chi connectivity index (χ0n) is 14.4. The lowest BCUT2D eigenvalue weighted by Crippen LogP contribution is -2.46. The molecule has 1 aromatic carbocycles. The van der Waals surface area contributed by atoms with E-state index >= 15 is 0 Å². The highest BCUT2D eigenvalue weighted by Gasteiger charge is 2.44. The number of hydrogen-bond donors (Lipinski definition) is 1. The second-order valence-electron chi connectivity index (χ2n) is 6.71. The van der Waals surface area contributed by atoms with Crippen molar-refractivity contribution >= 4 is 11.9 Å². The highest BCUT2D eigenvalue weighted by atomic mass is 19.4. The van der Waals surface area contributed by atoms with Gasteiger partial charge in [0.1, 0.15) is 17.6 Å². The normalized spacial score (nSPS) is 18.9. The van der Waals surface area contributed by atoms with E-state index < -0.39 is 35.4 Å². The molecule has 1 unspecified atom stereocenters. The first kappa shape index (κ1) is 18.8. The minimum Gasteiger partial charge on any atom is -0.463 e. The van der Waals surface area contributed by atoms with Gasteiger partial charge in [0.05, 0.1) is 12.2 Å². The molecule has 6 nitrogen and oxygen atoms in total. The summed E-state index contributed by atoms with van der Waals surface area (Å²) in [6.45, 7) is 3.70. The van der Waals surface area contributed by atoms with E-state index in [9.17, 15) is 22.8 Å². The van der Waals surface area contributed by atoms with Gasteiger partial charge in [0.25, 0.3) is 5.91 Å². The summed E-state index contributed by atoms with van der Waals surface area (Å²) in [6, 6.07) is 7.22. The maximum atomic E-state index is 12.5. The van der Waals surface area contributed by atoms with E-state index in [2.05, 4.69) is 10.1 Å². The van der Waals surface area contributed by atoms with Crippen molar-refractivity contribution in [1.82, 2.24) is 5.32 Å². The second-order valence-corrected chi connectivity index (χ2v) is 6.71. The number of hydrogen-bond acceptors (Lipinski definition) is 5. The molecule has 1 aliphatic rings. The van der Waals surface area contributed by atoms with E-state index in [0.717, 1.165) is 6.07 Å². The topological polar surface area (TPSA) is 77.8 Å². The third kappa shape index (κ3) is 4.07. The van der Waals surface area contributed by atoms with E-state index in [1.165, 1.54) is 30.3 Å². The number of rotatable bonds is 4. The van der Waals surface area contributed by atoms with E-state index in [1.54, 1.807) is 13.8 Å². The minimum absolute atomic E-state index is 0.0215. The quantitative estimate of drug-likeness (QED) is 0.818. The van der Waals surface area contributed by atoms with Crippen LogP contribution in [-0.2, 0) is 9.53 Å². The fraction of sp³-hybridized carbons (Fsp3) is 0.333. The summed E-state index contributed by atoms with van der Waals surface area (Å²) < 4.78 is 52.0. The lowest BCUT2D eigenvalue weighted by molar-refractivity contribution is -0.274. The Hall–Kier alpha value is -2.97. The monoisotopic (exact) mass is 383 g/mol. The molecule has 0 saturated carbocycles. The Morgan fingerprint density at radius 1 is 1.22 bits per heavy atom. The Labute approximate surface area is 152 Å². The van der Waals surface area contributed by atoms with Gasteiger partial charge in [0.2, 0.25) is 0 Å². The molecule has 2 aromatic rings. The highest BCUT2D eigenvalue weighted by molar-refractivity contribution is 5.95. The summed E-state index contributed by atoms with van der Waals surface area (Å²) in [4.78, 5) is 24.1. The summed E-state index contributed by atoms with van der Waals surface area (Å²) in [6.07, 6.45) is -4.86. The van der Waals surface area contributed by atoms with Gasteiger partial charge < -0.3 is 19.2 Å². The molecule has 1 N–H and O–H groups in total. The van der Waals surface area contributed by atoms with Gasteiger partial charge in [-0.15, -0.1) is 13.2 Å². The molecule has 0 aliphatic carbocycles. The number of nitrogens with one attached hydrogen (secondary N) is 1. The number of amides is 1. The smallest absolute Gasteiger partial charge is 0.463 e. The number of carbonyl (C=O) groups is 2. The van der Waals surface area contributed by atoms with E-state index in [4.69, 9.17) is 9.15 Å². The summed E-state index contributed by atoms with van der Waals surface area (Å²) in [7, 11) is 0. The highest BCUT2D eigenvalue weighted by Crippen LogP contribution is 2.35. The Bertz CT molecular complexity index is 872. The van der Waals surface area contributed by atoms with Gasteiger partial charge in [-0.1, -0.05) is 26.0 Å². The molecule has 1 fully saturated rings. The summed E-state index contributed by atoms with van der Waals surface area (Å²) in [5.74, 6) is -1.81. The largest absolute Gasteiger partial charge is 0.573 e. The predicted octanol–water partition coefficient (Wildman–Crippen LogP) is 3.53. The van der Waals surface area contributed by atoms with Crippen LogP contribution in [0.4, 0.5) is 13.2 Å². The van der Waals surface area contributed by atoms with Crippen LogP contribution in [0.3, 0.4) is 0 Å². The molecule has 1 saturated heterocycles. The average molecular weight is 383 g/mol. The van der Waals surface area contributed by atoms with Crippen LogP contribution < -0.4 is 10.1 Å². The third-order valence-electron chi connectivity index (χ3n) is 4.09. The number of benzene rings is 1.